The molecule has 18 heavy (non-hydrogen) atoms. The summed E-state index contributed by atoms with van der Waals surface area (Å²) >= 11 is 6.46. The second kappa shape index (κ2) is 5.57. The zero-order valence-electron chi connectivity index (χ0n) is 9.08. The Kier molecular flexibility index (Phi) is 4.07. The number of halogens is 2. The number of nitro groups is 1. The van der Waals surface area contributed by atoms with Gasteiger partial charge in [0.2, 0.25) is 0 Å². The fourth-order valence-electron chi connectivity index (χ4n) is 1.42. The standard InChI is InChI=1S/C10H8Br2N4O2/c11-4-3-7-6-15(14-13-7)8-1-2-9(12)10(5-8)16(17)18/h1-2,5-6H,3-4H2. The molecule has 1 aromatic heterocycles. The van der Waals surface area contributed by atoms with Crippen LogP contribution in [0.5, 0.6) is 0 Å². The van der Waals surface area contributed by atoms with E-state index in [0.29, 0.717) is 10.2 Å². The van der Waals surface area contributed by atoms with Gasteiger partial charge in [-0.1, -0.05) is 21.1 Å². The number of nitro benzene ring substituents is 1. The fourth-order valence-corrected chi connectivity index (χ4v) is 2.22. The summed E-state index contributed by atoms with van der Waals surface area (Å²) in [5, 5.41) is 19.6. The zero-order valence-corrected chi connectivity index (χ0v) is 12.3. The molecule has 0 saturated heterocycles. The van der Waals surface area contributed by atoms with Crippen LogP contribution in [0, 0.1) is 10.1 Å². The molecular weight excluding hydrogens is 368 g/mol. The van der Waals surface area contributed by atoms with Gasteiger partial charge in [0.25, 0.3) is 5.69 Å². The largest absolute Gasteiger partial charge is 0.285 e. The molecule has 0 atom stereocenters. The van der Waals surface area contributed by atoms with E-state index in [0.717, 1.165) is 17.4 Å². The van der Waals surface area contributed by atoms with Crippen LogP contribution in [0.2, 0.25) is 0 Å². The van der Waals surface area contributed by atoms with Gasteiger partial charge in [-0.3, -0.25) is 10.1 Å². The lowest BCUT2D eigenvalue weighted by Gasteiger charge is -2.01. The van der Waals surface area contributed by atoms with Crippen molar-refractivity contribution in [2.24, 2.45) is 0 Å². The molecule has 94 valence electrons. The average molecular weight is 376 g/mol. The highest BCUT2D eigenvalue weighted by atomic mass is 79.9. The van der Waals surface area contributed by atoms with Gasteiger partial charge in [0.05, 0.1) is 27.0 Å². The number of hydrogen-bond donors (Lipinski definition) is 0. The first kappa shape index (κ1) is 13.2. The number of aromatic nitrogens is 3. The molecule has 0 N–H and O–H groups in total. The predicted octanol–water partition coefficient (Wildman–Crippen LogP) is 2.88. The van der Waals surface area contributed by atoms with Gasteiger partial charge in [-0.05, 0) is 28.1 Å². The second-order valence-electron chi connectivity index (χ2n) is 3.49. The lowest BCUT2D eigenvalue weighted by molar-refractivity contribution is -0.385. The van der Waals surface area contributed by atoms with Crippen LogP contribution in [-0.2, 0) is 6.42 Å². The predicted molar refractivity (Wildman–Crippen MR) is 73.2 cm³/mol. The summed E-state index contributed by atoms with van der Waals surface area (Å²) in [6, 6.07) is 4.82. The third kappa shape index (κ3) is 2.75. The molecule has 0 saturated carbocycles. The molecule has 0 aliphatic carbocycles. The van der Waals surface area contributed by atoms with Crippen LogP contribution < -0.4 is 0 Å². The molecule has 0 aliphatic heterocycles. The molecule has 0 fully saturated rings. The van der Waals surface area contributed by atoms with Crippen LogP contribution >= 0.6 is 31.9 Å². The Morgan fingerprint density at radius 3 is 2.89 bits per heavy atom. The number of hydrogen-bond acceptors (Lipinski definition) is 4. The van der Waals surface area contributed by atoms with Crippen molar-refractivity contribution in [3.63, 3.8) is 0 Å². The third-order valence-corrected chi connectivity index (χ3v) is 3.35. The normalized spacial score (nSPS) is 10.6. The maximum absolute atomic E-state index is 10.8. The van der Waals surface area contributed by atoms with Gasteiger partial charge in [0, 0.05) is 17.8 Å². The zero-order chi connectivity index (χ0) is 13.1. The quantitative estimate of drug-likeness (QED) is 0.467. The van der Waals surface area contributed by atoms with Crippen LogP contribution in [0.4, 0.5) is 5.69 Å². The van der Waals surface area contributed by atoms with E-state index in [9.17, 15) is 10.1 Å². The monoisotopic (exact) mass is 374 g/mol. The first-order valence-electron chi connectivity index (χ1n) is 5.03. The minimum Gasteiger partial charge on any atom is -0.258 e. The van der Waals surface area contributed by atoms with Crippen molar-refractivity contribution in [2.75, 3.05) is 5.33 Å². The van der Waals surface area contributed by atoms with Gasteiger partial charge in [-0.15, -0.1) is 5.10 Å². The lowest BCUT2D eigenvalue weighted by Crippen LogP contribution is -1.97. The van der Waals surface area contributed by atoms with E-state index in [1.54, 1.807) is 18.3 Å². The van der Waals surface area contributed by atoms with Gasteiger partial charge in [0.15, 0.2) is 0 Å². The summed E-state index contributed by atoms with van der Waals surface area (Å²) in [6.45, 7) is 0. The van der Waals surface area contributed by atoms with Crippen molar-refractivity contribution in [3.05, 3.63) is 44.7 Å². The molecule has 2 aromatic rings. The van der Waals surface area contributed by atoms with Gasteiger partial charge >= 0.3 is 0 Å². The molecule has 1 heterocycles. The number of aryl methyl sites for hydroxylation is 1. The van der Waals surface area contributed by atoms with Crippen LogP contribution in [0.1, 0.15) is 5.69 Å². The van der Waals surface area contributed by atoms with E-state index in [2.05, 4.69) is 42.2 Å². The van der Waals surface area contributed by atoms with Crippen molar-refractivity contribution >= 4 is 37.5 Å². The molecule has 2 rings (SSSR count). The second-order valence-corrected chi connectivity index (χ2v) is 5.13. The van der Waals surface area contributed by atoms with E-state index in [1.807, 2.05) is 0 Å². The highest BCUT2D eigenvalue weighted by Gasteiger charge is 2.13. The first-order valence-corrected chi connectivity index (χ1v) is 6.95. The summed E-state index contributed by atoms with van der Waals surface area (Å²) in [4.78, 5) is 10.4. The summed E-state index contributed by atoms with van der Waals surface area (Å²) in [5.41, 5.74) is 1.45. The average Bonchev–Trinajstić information content (AvgIpc) is 2.78. The molecule has 6 nitrogen and oxygen atoms in total. The number of benzene rings is 1. The summed E-state index contributed by atoms with van der Waals surface area (Å²) < 4.78 is 1.97. The topological polar surface area (TPSA) is 73.8 Å². The van der Waals surface area contributed by atoms with Gasteiger partial charge in [-0.2, -0.15) is 0 Å². The van der Waals surface area contributed by atoms with E-state index in [1.165, 1.54) is 10.7 Å². The molecule has 8 heteroatoms. The molecule has 1 aromatic carbocycles. The molecule has 0 unspecified atom stereocenters. The fraction of sp³-hybridized carbons (Fsp3) is 0.200. The third-order valence-electron chi connectivity index (χ3n) is 2.28. The van der Waals surface area contributed by atoms with E-state index < -0.39 is 4.92 Å². The Labute approximate surface area is 119 Å². The minimum absolute atomic E-state index is 0.00467. The van der Waals surface area contributed by atoms with Crippen LogP contribution in [0.15, 0.2) is 28.9 Å². The van der Waals surface area contributed by atoms with Gasteiger partial charge in [-0.25, -0.2) is 4.68 Å². The van der Waals surface area contributed by atoms with Crippen LogP contribution in [0.25, 0.3) is 5.69 Å². The highest BCUT2D eigenvalue weighted by Crippen LogP contribution is 2.26. The Morgan fingerprint density at radius 2 is 2.22 bits per heavy atom. The summed E-state index contributed by atoms with van der Waals surface area (Å²) in [7, 11) is 0. The van der Waals surface area contributed by atoms with Crippen molar-refractivity contribution in [1.29, 1.82) is 0 Å². The lowest BCUT2D eigenvalue weighted by atomic mass is 10.3. The highest BCUT2D eigenvalue weighted by molar-refractivity contribution is 9.10. The number of alkyl halides is 1. The molecule has 0 spiro atoms. The van der Waals surface area contributed by atoms with Crippen molar-refractivity contribution in [2.45, 2.75) is 6.42 Å². The van der Waals surface area contributed by atoms with E-state index >= 15 is 0 Å². The Hall–Kier alpha value is -1.28. The molecule has 0 amide bonds. The first-order chi connectivity index (χ1) is 8.61. The SMILES string of the molecule is O=[N+]([O-])c1cc(-n2cc(CCBr)nn2)ccc1Br. The maximum Gasteiger partial charge on any atom is 0.285 e. The van der Waals surface area contributed by atoms with E-state index in [-0.39, 0.29) is 5.69 Å². The maximum atomic E-state index is 10.8. The van der Waals surface area contributed by atoms with Gasteiger partial charge in [0.1, 0.15) is 0 Å². The number of rotatable bonds is 4. The van der Waals surface area contributed by atoms with Crippen LogP contribution in [0.3, 0.4) is 0 Å². The molecule has 0 radical (unpaired) electrons. The van der Waals surface area contributed by atoms with E-state index in [4.69, 9.17) is 0 Å². The van der Waals surface area contributed by atoms with Crippen LogP contribution in [-0.4, -0.2) is 25.2 Å². The van der Waals surface area contributed by atoms with Gasteiger partial charge < -0.3 is 0 Å². The Balaban J connectivity index is 2.38. The molecule has 0 aliphatic rings. The Bertz CT molecular complexity index is 585. The summed E-state index contributed by atoms with van der Waals surface area (Å²) in [6.07, 6.45) is 2.52. The smallest absolute Gasteiger partial charge is 0.258 e. The van der Waals surface area contributed by atoms with Crippen molar-refractivity contribution in [1.82, 2.24) is 15.0 Å². The Morgan fingerprint density at radius 1 is 1.44 bits per heavy atom. The molecular formula is C10H8Br2N4O2. The van der Waals surface area contributed by atoms with Crippen molar-refractivity contribution < 1.29 is 4.92 Å². The minimum atomic E-state index is -0.441. The van der Waals surface area contributed by atoms with Crippen molar-refractivity contribution in [3.8, 4) is 5.69 Å². The number of nitrogens with zero attached hydrogens (tertiary/aromatic N) is 4. The molecule has 0 bridgehead atoms. The summed E-state index contributed by atoms with van der Waals surface area (Å²) in [5.74, 6) is 0.